The fraction of sp³-hybridized carbons (Fsp3) is 0.500. The summed E-state index contributed by atoms with van der Waals surface area (Å²) in [5.41, 5.74) is 6.29. The molecule has 0 bridgehead atoms. The lowest BCUT2D eigenvalue weighted by molar-refractivity contribution is -0.117. The van der Waals surface area contributed by atoms with Gasteiger partial charge in [0.25, 0.3) is 0 Å². The number of esters is 1. The maximum Gasteiger partial charge on any atom is 0.350 e. The Kier molecular flexibility index (Phi) is 4.52. The van der Waals surface area contributed by atoms with Crippen LogP contribution >= 0.6 is 11.3 Å². The molecule has 1 saturated heterocycles. The monoisotopic (exact) mass is 283 g/mol. The summed E-state index contributed by atoms with van der Waals surface area (Å²) >= 11 is 1.24. The minimum absolute atomic E-state index is 0.141. The van der Waals surface area contributed by atoms with Crippen molar-refractivity contribution in [3.63, 3.8) is 0 Å². The van der Waals surface area contributed by atoms with E-state index in [2.05, 4.69) is 10.1 Å². The van der Waals surface area contributed by atoms with Crippen molar-refractivity contribution in [2.45, 2.75) is 12.5 Å². The Bertz CT molecular complexity index is 475. The molecule has 1 aromatic heterocycles. The first-order chi connectivity index (χ1) is 9.10. The summed E-state index contributed by atoms with van der Waals surface area (Å²) in [4.78, 5) is 25.8. The number of nitrogens with two attached hydrogens (primary N) is 1. The highest BCUT2D eigenvalue weighted by Crippen LogP contribution is 2.23. The van der Waals surface area contributed by atoms with E-state index in [0.29, 0.717) is 17.1 Å². The molecule has 19 heavy (non-hydrogen) atoms. The molecule has 2 rings (SSSR count). The van der Waals surface area contributed by atoms with E-state index in [9.17, 15) is 9.59 Å². The highest BCUT2D eigenvalue weighted by atomic mass is 32.1. The minimum atomic E-state index is -0.437. The summed E-state index contributed by atoms with van der Waals surface area (Å²) in [5.74, 6) is -0.578. The van der Waals surface area contributed by atoms with Crippen molar-refractivity contribution in [3.8, 4) is 0 Å². The van der Waals surface area contributed by atoms with Crippen molar-refractivity contribution in [2.75, 3.05) is 32.1 Å². The molecule has 1 aliphatic heterocycles. The molecular weight excluding hydrogens is 266 g/mol. The second-order valence-corrected chi connectivity index (χ2v) is 5.40. The molecule has 0 radical (unpaired) electrons. The van der Waals surface area contributed by atoms with E-state index in [0.717, 1.165) is 19.5 Å². The molecule has 1 atom stereocenters. The molecule has 1 amide bonds. The molecule has 0 aromatic carbocycles. The molecule has 3 N–H and O–H groups in total. The lowest BCUT2D eigenvalue weighted by Crippen LogP contribution is -2.33. The largest absolute Gasteiger partial charge is 0.465 e. The van der Waals surface area contributed by atoms with E-state index in [1.165, 1.54) is 18.4 Å². The normalized spacial score (nSPS) is 19.4. The third-order valence-corrected chi connectivity index (χ3v) is 3.88. The zero-order chi connectivity index (χ0) is 13.8. The van der Waals surface area contributed by atoms with E-state index in [1.807, 2.05) is 4.90 Å². The van der Waals surface area contributed by atoms with Crippen LogP contribution in [-0.2, 0) is 9.53 Å². The van der Waals surface area contributed by atoms with Crippen LogP contribution in [0.2, 0.25) is 0 Å². The Morgan fingerprint density at radius 3 is 3.05 bits per heavy atom. The lowest BCUT2D eigenvalue weighted by Gasteiger charge is -2.14. The number of amides is 1. The number of nitrogens with one attached hydrogen (secondary N) is 1. The van der Waals surface area contributed by atoms with Crippen LogP contribution in [-0.4, -0.2) is 49.6 Å². The molecule has 0 saturated carbocycles. The Morgan fingerprint density at radius 1 is 1.63 bits per heavy atom. The van der Waals surface area contributed by atoms with Gasteiger partial charge < -0.3 is 15.8 Å². The Balaban J connectivity index is 1.92. The van der Waals surface area contributed by atoms with E-state index in [-0.39, 0.29) is 11.9 Å². The van der Waals surface area contributed by atoms with Crippen LogP contribution in [0.4, 0.5) is 5.69 Å². The molecule has 2 heterocycles. The fourth-order valence-electron chi connectivity index (χ4n) is 2.06. The third kappa shape index (κ3) is 3.52. The second kappa shape index (κ2) is 6.14. The van der Waals surface area contributed by atoms with Crippen LogP contribution in [0.25, 0.3) is 0 Å². The zero-order valence-electron chi connectivity index (χ0n) is 10.7. The van der Waals surface area contributed by atoms with Gasteiger partial charge in [-0.25, -0.2) is 4.79 Å². The van der Waals surface area contributed by atoms with Gasteiger partial charge in [0.05, 0.1) is 19.3 Å². The first kappa shape index (κ1) is 14.0. The Labute approximate surface area is 115 Å². The molecule has 104 valence electrons. The lowest BCUT2D eigenvalue weighted by atomic mass is 10.3. The standard InChI is InChI=1S/C12H17N3O3S/c1-18-12(17)11-9(3-5-19-11)14-10(16)7-15-4-2-8(13)6-15/h3,5,8H,2,4,6-7,13H2,1H3,(H,14,16). The van der Waals surface area contributed by atoms with Gasteiger partial charge in [-0.05, 0) is 17.9 Å². The molecular formula is C12H17N3O3S. The molecule has 0 spiro atoms. The quantitative estimate of drug-likeness (QED) is 0.786. The number of nitrogens with zero attached hydrogens (tertiary/aromatic N) is 1. The van der Waals surface area contributed by atoms with E-state index >= 15 is 0 Å². The summed E-state index contributed by atoms with van der Waals surface area (Å²) < 4.78 is 4.66. The highest BCUT2D eigenvalue weighted by Gasteiger charge is 2.22. The maximum absolute atomic E-state index is 11.9. The van der Waals surface area contributed by atoms with Crippen LogP contribution in [0.3, 0.4) is 0 Å². The van der Waals surface area contributed by atoms with Gasteiger partial charge in [0.1, 0.15) is 4.88 Å². The number of rotatable bonds is 4. The molecule has 1 unspecified atom stereocenters. The topological polar surface area (TPSA) is 84.7 Å². The number of carbonyl (C=O) groups is 2. The smallest absolute Gasteiger partial charge is 0.350 e. The average Bonchev–Trinajstić information content (AvgIpc) is 2.97. The number of methoxy groups -OCH3 is 1. The van der Waals surface area contributed by atoms with Crippen molar-refractivity contribution in [3.05, 3.63) is 16.3 Å². The minimum Gasteiger partial charge on any atom is -0.465 e. The van der Waals surface area contributed by atoms with Crippen molar-refractivity contribution >= 4 is 28.9 Å². The van der Waals surface area contributed by atoms with Gasteiger partial charge in [0.15, 0.2) is 0 Å². The summed E-state index contributed by atoms with van der Waals surface area (Å²) in [6.07, 6.45) is 0.916. The molecule has 1 aromatic rings. The highest BCUT2D eigenvalue weighted by molar-refractivity contribution is 7.12. The van der Waals surface area contributed by atoms with Gasteiger partial charge in [0.2, 0.25) is 5.91 Å². The third-order valence-electron chi connectivity index (χ3n) is 2.99. The van der Waals surface area contributed by atoms with Crippen LogP contribution < -0.4 is 11.1 Å². The fourth-order valence-corrected chi connectivity index (χ4v) is 2.82. The van der Waals surface area contributed by atoms with Gasteiger partial charge >= 0.3 is 5.97 Å². The van der Waals surface area contributed by atoms with Crippen molar-refractivity contribution in [1.29, 1.82) is 0 Å². The summed E-state index contributed by atoms with van der Waals surface area (Å²) in [6, 6.07) is 1.85. The van der Waals surface area contributed by atoms with Crippen molar-refractivity contribution < 1.29 is 14.3 Å². The molecule has 6 nitrogen and oxygen atoms in total. The number of anilines is 1. The van der Waals surface area contributed by atoms with E-state index in [4.69, 9.17) is 5.73 Å². The molecule has 0 aliphatic carbocycles. The van der Waals surface area contributed by atoms with Gasteiger partial charge in [-0.2, -0.15) is 0 Å². The summed E-state index contributed by atoms with van der Waals surface area (Å²) in [5, 5.41) is 4.48. The predicted molar refractivity (Wildman–Crippen MR) is 73.3 cm³/mol. The molecule has 1 aliphatic rings. The SMILES string of the molecule is COC(=O)c1sccc1NC(=O)CN1CCC(N)C1. The van der Waals surface area contributed by atoms with Crippen LogP contribution in [0, 0.1) is 0 Å². The number of hydrogen-bond acceptors (Lipinski definition) is 6. The number of carbonyl (C=O) groups excluding carboxylic acids is 2. The molecule has 1 fully saturated rings. The number of likely N-dealkylation sites (tertiary alicyclic amines) is 1. The van der Waals surface area contributed by atoms with Gasteiger partial charge in [-0.3, -0.25) is 9.69 Å². The summed E-state index contributed by atoms with van der Waals surface area (Å²) in [6.45, 7) is 1.87. The van der Waals surface area contributed by atoms with E-state index in [1.54, 1.807) is 11.4 Å². The van der Waals surface area contributed by atoms with Gasteiger partial charge in [-0.1, -0.05) is 0 Å². The second-order valence-electron chi connectivity index (χ2n) is 4.49. The van der Waals surface area contributed by atoms with Crippen molar-refractivity contribution in [1.82, 2.24) is 4.90 Å². The van der Waals surface area contributed by atoms with Crippen molar-refractivity contribution in [2.24, 2.45) is 5.73 Å². The first-order valence-electron chi connectivity index (χ1n) is 6.03. The number of ether oxygens (including phenoxy) is 1. The van der Waals surface area contributed by atoms with Crippen LogP contribution in [0.1, 0.15) is 16.1 Å². The maximum atomic E-state index is 11.9. The number of thiophene rings is 1. The predicted octanol–water partition coefficient (Wildman–Crippen LogP) is 0.506. The zero-order valence-corrected chi connectivity index (χ0v) is 11.5. The van der Waals surface area contributed by atoms with E-state index < -0.39 is 5.97 Å². The van der Waals surface area contributed by atoms with Crippen LogP contribution in [0.5, 0.6) is 0 Å². The average molecular weight is 283 g/mol. The summed E-state index contributed by atoms with van der Waals surface area (Å²) in [7, 11) is 1.32. The first-order valence-corrected chi connectivity index (χ1v) is 6.91. The van der Waals surface area contributed by atoms with Gasteiger partial charge in [-0.15, -0.1) is 11.3 Å². The van der Waals surface area contributed by atoms with Gasteiger partial charge in [0, 0.05) is 19.1 Å². The number of hydrogen-bond donors (Lipinski definition) is 2. The Hall–Kier alpha value is -1.44. The van der Waals surface area contributed by atoms with Crippen LogP contribution in [0.15, 0.2) is 11.4 Å². The Morgan fingerprint density at radius 2 is 2.42 bits per heavy atom. The molecule has 7 heteroatoms.